The average molecular weight is 332 g/mol. The summed E-state index contributed by atoms with van der Waals surface area (Å²) in [5, 5.41) is 2.96. The summed E-state index contributed by atoms with van der Waals surface area (Å²) in [4.78, 5) is 30.1. The summed E-state index contributed by atoms with van der Waals surface area (Å²) in [7, 11) is 3.57. The smallest absolute Gasteiger partial charge is 0.239 e. The van der Waals surface area contributed by atoms with Crippen molar-refractivity contribution < 1.29 is 9.59 Å². The molecule has 6 nitrogen and oxygen atoms in total. The minimum atomic E-state index is -0.103. The molecule has 0 aromatic heterocycles. The first-order valence-corrected chi connectivity index (χ1v) is 8.45. The van der Waals surface area contributed by atoms with Crippen molar-refractivity contribution >= 4 is 11.8 Å². The van der Waals surface area contributed by atoms with Gasteiger partial charge in [-0.15, -0.1) is 0 Å². The monoisotopic (exact) mass is 332 g/mol. The first-order valence-electron chi connectivity index (χ1n) is 8.45. The molecule has 24 heavy (non-hydrogen) atoms. The number of rotatable bonds is 6. The molecule has 0 saturated carbocycles. The normalized spacial score (nSPS) is 17.3. The van der Waals surface area contributed by atoms with Crippen molar-refractivity contribution in [1.29, 1.82) is 0 Å². The van der Waals surface area contributed by atoms with Gasteiger partial charge in [0.2, 0.25) is 11.8 Å². The third-order valence-corrected chi connectivity index (χ3v) is 4.45. The van der Waals surface area contributed by atoms with E-state index in [0.29, 0.717) is 13.1 Å². The summed E-state index contributed by atoms with van der Waals surface area (Å²) in [5.74, 6) is 0.175. The van der Waals surface area contributed by atoms with E-state index in [2.05, 4.69) is 15.1 Å². The molecule has 1 aromatic carbocycles. The highest BCUT2D eigenvalue weighted by atomic mass is 16.2. The van der Waals surface area contributed by atoms with Crippen LogP contribution < -0.4 is 5.32 Å². The molecule has 2 amide bonds. The van der Waals surface area contributed by atoms with Crippen LogP contribution >= 0.6 is 0 Å². The van der Waals surface area contributed by atoms with Crippen LogP contribution in [0.2, 0.25) is 0 Å². The highest BCUT2D eigenvalue weighted by Gasteiger charge is 2.26. The lowest BCUT2D eigenvalue weighted by atomic mass is 10.2. The molecule has 1 unspecified atom stereocenters. The van der Waals surface area contributed by atoms with Gasteiger partial charge in [0.25, 0.3) is 0 Å². The Morgan fingerprint density at radius 3 is 2.33 bits per heavy atom. The molecule has 0 bridgehead atoms. The molecule has 1 aliphatic rings. The molecule has 1 saturated heterocycles. The summed E-state index contributed by atoms with van der Waals surface area (Å²) in [6, 6.07) is 9.81. The molecular weight excluding hydrogens is 304 g/mol. The third-order valence-electron chi connectivity index (χ3n) is 4.45. The zero-order valence-corrected chi connectivity index (χ0v) is 14.9. The minimum absolute atomic E-state index is 0.0460. The van der Waals surface area contributed by atoms with E-state index in [1.165, 1.54) is 0 Å². The largest absolute Gasteiger partial charge is 0.351 e. The summed E-state index contributed by atoms with van der Waals surface area (Å²) < 4.78 is 0. The van der Waals surface area contributed by atoms with E-state index in [1.54, 1.807) is 19.0 Å². The molecule has 1 fully saturated rings. The molecule has 2 rings (SSSR count). The fourth-order valence-electron chi connectivity index (χ4n) is 2.89. The summed E-state index contributed by atoms with van der Waals surface area (Å²) in [5.41, 5.74) is 1.10. The molecule has 1 atom stereocenters. The van der Waals surface area contributed by atoms with E-state index in [4.69, 9.17) is 0 Å². The predicted molar refractivity (Wildman–Crippen MR) is 94.5 cm³/mol. The first-order chi connectivity index (χ1) is 11.5. The van der Waals surface area contributed by atoms with Crippen molar-refractivity contribution in [3.63, 3.8) is 0 Å². The molecule has 0 aliphatic carbocycles. The quantitative estimate of drug-likeness (QED) is 0.819. The summed E-state index contributed by atoms with van der Waals surface area (Å²) in [6.45, 7) is 6.17. The Bertz CT molecular complexity index is 539. The molecule has 0 radical (unpaired) electrons. The van der Waals surface area contributed by atoms with Gasteiger partial charge in [-0.25, -0.2) is 0 Å². The topological polar surface area (TPSA) is 55.9 Å². The van der Waals surface area contributed by atoms with Crippen molar-refractivity contribution in [1.82, 2.24) is 20.0 Å². The second-order valence-corrected chi connectivity index (χ2v) is 6.48. The summed E-state index contributed by atoms with van der Waals surface area (Å²) >= 11 is 0. The number of piperazine rings is 1. The number of hydrogen-bond acceptors (Lipinski definition) is 4. The van der Waals surface area contributed by atoms with Crippen molar-refractivity contribution in [2.45, 2.75) is 19.5 Å². The SMILES string of the molecule is CC(C(=O)N(C)C)N1CCN(CC(=O)NCc2ccccc2)CC1. The fourth-order valence-corrected chi connectivity index (χ4v) is 2.89. The third kappa shape index (κ3) is 5.32. The Hall–Kier alpha value is -1.92. The lowest BCUT2D eigenvalue weighted by Crippen LogP contribution is -2.54. The molecule has 6 heteroatoms. The minimum Gasteiger partial charge on any atom is -0.351 e. The molecule has 1 N–H and O–H groups in total. The van der Waals surface area contributed by atoms with Gasteiger partial charge in [0, 0.05) is 46.8 Å². The van der Waals surface area contributed by atoms with Gasteiger partial charge in [-0.05, 0) is 12.5 Å². The predicted octanol–water partition coefficient (Wildman–Crippen LogP) is 0.397. The van der Waals surface area contributed by atoms with Gasteiger partial charge >= 0.3 is 0 Å². The highest BCUT2D eigenvalue weighted by Crippen LogP contribution is 2.08. The van der Waals surface area contributed by atoms with Crippen LogP contribution in [-0.4, -0.2) is 79.4 Å². The lowest BCUT2D eigenvalue weighted by Gasteiger charge is -2.37. The van der Waals surface area contributed by atoms with E-state index < -0.39 is 0 Å². The Balaban J connectivity index is 1.70. The van der Waals surface area contributed by atoms with Crippen LogP contribution in [0.15, 0.2) is 30.3 Å². The second-order valence-electron chi connectivity index (χ2n) is 6.48. The lowest BCUT2D eigenvalue weighted by molar-refractivity contribution is -0.135. The Morgan fingerprint density at radius 1 is 1.12 bits per heavy atom. The maximum absolute atomic E-state index is 12.1. The molecule has 1 heterocycles. The number of carbonyl (C=O) groups is 2. The second kappa shape index (κ2) is 8.80. The van der Waals surface area contributed by atoms with Crippen LogP contribution in [0.3, 0.4) is 0 Å². The molecule has 1 aliphatic heterocycles. The maximum Gasteiger partial charge on any atom is 0.239 e. The number of carbonyl (C=O) groups excluding carboxylic acids is 2. The first kappa shape index (κ1) is 18.4. The van der Waals surface area contributed by atoms with Crippen LogP contribution in [0.5, 0.6) is 0 Å². The van der Waals surface area contributed by atoms with Gasteiger partial charge in [-0.3, -0.25) is 19.4 Å². The highest BCUT2D eigenvalue weighted by molar-refractivity contribution is 5.81. The van der Waals surface area contributed by atoms with Crippen molar-refractivity contribution in [2.24, 2.45) is 0 Å². The Morgan fingerprint density at radius 2 is 1.75 bits per heavy atom. The van der Waals surface area contributed by atoms with E-state index in [9.17, 15) is 9.59 Å². The standard InChI is InChI=1S/C18H28N4O2/c1-15(18(24)20(2)3)22-11-9-21(10-12-22)14-17(23)19-13-16-7-5-4-6-8-16/h4-8,15H,9-14H2,1-3H3,(H,19,23). The van der Waals surface area contributed by atoms with Crippen molar-refractivity contribution in [3.05, 3.63) is 35.9 Å². The zero-order chi connectivity index (χ0) is 17.5. The van der Waals surface area contributed by atoms with E-state index in [-0.39, 0.29) is 17.9 Å². The number of nitrogens with zero attached hydrogens (tertiary/aromatic N) is 3. The van der Waals surface area contributed by atoms with Gasteiger partial charge in [0.15, 0.2) is 0 Å². The average Bonchev–Trinajstić information content (AvgIpc) is 2.60. The van der Waals surface area contributed by atoms with Crippen LogP contribution in [0.1, 0.15) is 12.5 Å². The Labute approximate surface area is 144 Å². The van der Waals surface area contributed by atoms with Gasteiger partial charge in [-0.1, -0.05) is 30.3 Å². The molecule has 132 valence electrons. The number of nitrogens with one attached hydrogen (secondary N) is 1. The number of amides is 2. The number of hydrogen-bond donors (Lipinski definition) is 1. The van der Waals surface area contributed by atoms with E-state index >= 15 is 0 Å². The molecule has 0 spiro atoms. The Kier molecular flexibility index (Phi) is 6.75. The number of likely N-dealkylation sites (N-methyl/N-ethyl adjacent to an activating group) is 1. The van der Waals surface area contributed by atoms with E-state index in [1.807, 2.05) is 37.3 Å². The maximum atomic E-state index is 12.1. The van der Waals surface area contributed by atoms with Crippen molar-refractivity contribution in [2.75, 3.05) is 46.8 Å². The van der Waals surface area contributed by atoms with Crippen LogP contribution in [0.4, 0.5) is 0 Å². The van der Waals surface area contributed by atoms with Gasteiger partial charge < -0.3 is 10.2 Å². The summed E-state index contributed by atoms with van der Waals surface area (Å²) in [6.07, 6.45) is 0. The molecule has 1 aromatic rings. The van der Waals surface area contributed by atoms with Crippen LogP contribution in [-0.2, 0) is 16.1 Å². The van der Waals surface area contributed by atoms with Crippen molar-refractivity contribution in [3.8, 4) is 0 Å². The molecular formula is C18H28N4O2. The van der Waals surface area contributed by atoms with E-state index in [0.717, 1.165) is 31.7 Å². The van der Waals surface area contributed by atoms with Gasteiger partial charge in [-0.2, -0.15) is 0 Å². The number of benzene rings is 1. The zero-order valence-electron chi connectivity index (χ0n) is 14.9. The van der Waals surface area contributed by atoms with Gasteiger partial charge in [0.05, 0.1) is 12.6 Å². The van der Waals surface area contributed by atoms with Crippen LogP contribution in [0.25, 0.3) is 0 Å². The van der Waals surface area contributed by atoms with Gasteiger partial charge in [0.1, 0.15) is 0 Å². The van der Waals surface area contributed by atoms with Crippen LogP contribution in [0, 0.1) is 0 Å². The fraction of sp³-hybridized carbons (Fsp3) is 0.556.